The Balaban J connectivity index is 1.81. The third-order valence-electron chi connectivity index (χ3n) is 3.98. The van der Waals surface area contributed by atoms with Gasteiger partial charge in [0.1, 0.15) is 11.5 Å². The van der Waals surface area contributed by atoms with E-state index >= 15 is 0 Å². The van der Waals surface area contributed by atoms with Gasteiger partial charge in [-0.1, -0.05) is 0 Å². The minimum Gasteiger partial charge on any atom is -0.497 e. The van der Waals surface area contributed by atoms with E-state index in [1.165, 1.54) is 0 Å². The van der Waals surface area contributed by atoms with Crippen LogP contribution in [0.15, 0.2) is 23.0 Å². The van der Waals surface area contributed by atoms with E-state index in [4.69, 9.17) is 15.2 Å². The molecule has 0 saturated heterocycles. The number of rotatable bonds is 4. The fourth-order valence-corrected chi connectivity index (χ4v) is 2.85. The molecule has 23 heavy (non-hydrogen) atoms. The number of aromatic amines is 1. The number of nitrogens with one attached hydrogen (secondary N) is 1. The maximum Gasteiger partial charge on any atom is 0.257 e. The standard InChI is InChI=1S/C16H20N4O3/c1-22-11-5-10(6-12(7-11)23-2)8-20-4-3-14-13(9-20)15(21)19-16(17)18-14/h5-7H,3-4,8-9H2,1-2H3,(H3,17,18,19,21). The first-order valence-electron chi connectivity index (χ1n) is 7.41. The highest BCUT2D eigenvalue weighted by atomic mass is 16.5. The second-order valence-electron chi connectivity index (χ2n) is 5.56. The molecule has 122 valence electrons. The van der Waals surface area contributed by atoms with Crippen LogP contribution < -0.4 is 20.8 Å². The smallest absolute Gasteiger partial charge is 0.257 e. The number of hydrogen-bond donors (Lipinski definition) is 2. The Morgan fingerprint density at radius 3 is 2.61 bits per heavy atom. The quantitative estimate of drug-likeness (QED) is 0.871. The fourth-order valence-electron chi connectivity index (χ4n) is 2.85. The summed E-state index contributed by atoms with van der Waals surface area (Å²) in [6, 6.07) is 5.79. The Hall–Kier alpha value is -2.54. The van der Waals surface area contributed by atoms with Gasteiger partial charge in [-0.05, 0) is 17.7 Å². The van der Waals surface area contributed by atoms with Crippen LogP contribution in [0.3, 0.4) is 0 Å². The number of anilines is 1. The van der Waals surface area contributed by atoms with E-state index in [0.717, 1.165) is 29.3 Å². The number of fused-ring (bicyclic) bond motifs is 1. The second kappa shape index (κ2) is 6.29. The van der Waals surface area contributed by atoms with E-state index < -0.39 is 0 Å². The molecule has 0 unspecified atom stereocenters. The summed E-state index contributed by atoms with van der Waals surface area (Å²) in [6.45, 7) is 2.08. The molecule has 0 aliphatic carbocycles. The van der Waals surface area contributed by atoms with Crippen LogP contribution in [0, 0.1) is 0 Å². The summed E-state index contributed by atoms with van der Waals surface area (Å²) in [5.74, 6) is 1.69. The number of nitrogens with two attached hydrogens (primary N) is 1. The molecule has 1 aliphatic rings. The summed E-state index contributed by atoms with van der Waals surface area (Å²) >= 11 is 0. The highest BCUT2D eigenvalue weighted by Gasteiger charge is 2.21. The third-order valence-corrected chi connectivity index (χ3v) is 3.98. The zero-order valence-corrected chi connectivity index (χ0v) is 13.3. The van der Waals surface area contributed by atoms with Crippen molar-refractivity contribution in [3.8, 4) is 11.5 Å². The van der Waals surface area contributed by atoms with E-state index in [0.29, 0.717) is 25.1 Å². The van der Waals surface area contributed by atoms with Crippen molar-refractivity contribution in [3.63, 3.8) is 0 Å². The molecule has 7 nitrogen and oxygen atoms in total. The van der Waals surface area contributed by atoms with Gasteiger partial charge < -0.3 is 15.2 Å². The van der Waals surface area contributed by atoms with Gasteiger partial charge in [0.05, 0.1) is 25.5 Å². The second-order valence-corrected chi connectivity index (χ2v) is 5.56. The molecule has 0 amide bonds. The maximum absolute atomic E-state index is 12.0. The van der Waals surface area contributed by atoms with Crippen LogP contribution in [0.4, 0.5) is 5.95 Å². The molecule has 1 aliphatic heterocycles. The average Bonchev–Trinajstić information content (AvgIpc) is 2.55. The molecule has 0 atom stereocenters. The van der Waals surface area contributed by atoms with E-state index in [1.807, 2.05) is 18.2 Å². The number of aromatic nitrogens is 2. The van der Waals surface area contributed by atoms with Crippen molar-refractivity contribution >= 4 is 5.95 Å². The normalized spacial score (nSPS) is 14.3. The molecular formula is C16H20N4O3. The maximum atomic E-state index is 12.0. The molecule has 2 aromatic rings. The Morgan fingerprint density at radius 1 is 1.26 bits per heavy atom. The molecule has 0 saturated carbocycles. The van der Waals surface area contributed by atoms with E-state index in [-0.39, 0.29) is 11.5 Å². The largest absolute Gasteiger partial charge is 0.497 e. The number of nitrogens with zero attached hydrogens (tertiary/aromatic N) is 2. The lowest BCUT2D eigenvalue weighted by atomic mass is 10.1. The Bertz CT molecular complexity index is 750. The molecule has 0 spiro atoms. The molecule has 0 fully saturated rings. The predicted octanol–water partition coefficient (Wildman–Crippen LogP) is 0.928. The average molecular weight is 316 g/mol. The SMILES string of the molecule is COc1cc(CN2CCc3nc(N)[nH]c(=O)c3C2)cc(OC)c1. The van der Waals surface area contributed by atoms with Gasteiger partial charge in [0.25, 0.3) is 5.56 Å². The van der Waals surface area contributed by atoms with Crippen molar-refractivity contribution in [2.24, 2.45) is 0 Å². The lowest BCUT2D eigenvalue weighted by Crippen LogP contribution is -2.35. The third kappa shape index (κ3) is 3.29. The van der Waals surface area contributed by atoms with E-state index in [2.05, 4.69) is 14.9 Å². The number of ether oxygens (including phenoxy) is 2. The summed E-state index contributed by atoms with van der Waals surface area (Å²) in [4.78, 5) is 21.0. The zero-order chi connectivity index (χ0) is 16.4. The van der Waals surface area contributed by atoms with Gasteiger partial charge in [-0.25, -0.2) is 4.98 Å². The van der Waals surface area contributed by atoms with Crippen molar-refractivity contribution in [2.75, 3.05) is 26.5 Å². The minimum atomic E-state index is -0.152. The summed E-state index contributed by atoms with van der Waals surface area (Å²) < 4.78 is 10.6. The lowest BCUT2D eigenvalue weighted by Gasteiger charge is -2.27. The number of nitrogen functional groups attached to an aromatic ring is 1. The van der Waals surface area contributed by atoms with Crippen molar-refractivity contribution < 1.29 is 9.47 Å². The fraction of sp³-hybridized carbons (Fsp3) is 0.375. The molecule has 1 aromatic heterocycles. The molecule has 0 radical (unpaired) electrons. The van der Waals surface area contributed by atoms with Crippen molar-refractivity contribution in [2.45, 2.75) is 19.5 Å². The van der Waals surface area contributed by atoms with Crippen LogP contribution in [0.1, 0.15) is 16.8 Å². The van der Waals surface area contributed by atoms with Gasteiger partial charge in [0, 0.05) is 32.1 Å². The van der Waals surface area contributed by atoms with Crippen molar-refractivity contribution in [3.05, 3.63) is 45.4 Å². The summed E-state index contributed by atoms with van der Waals surface area (Å²) in [5, 5.41) is 0. The Labute approximate surface area is 134 Å². The van der Waals surface area contributed by atoms with Crippen LogP contribution >= 0.6 is 0 Å². The van der Waals surface area contributed by atoms with Gasteiger partial charge in [-0.15, -0.1) is 0 Å². The van der Waals surface area contributed by atoms with Crippen LogP contribution in [-0.2, 0) is 19.5 Å². The first-order valence-corrected chi connectivity index (χ1v) is 7.41. The summed E-state index contributed by atoms with van der Waals surface area (Å²) in [7, 11) is 3.26. The van der Waals surface area contributed by atoms with Crippen molar-refractivity contribution in [1.29, 1.82) is 0 Å². The summed E-state index contributed by atoms with van der Waals surface area (Å²) in [6.07, 6.45) is 0.713. The van der Waals surface area contributed by atoms with Gasteiger partial charge in [0.15, 0.2) is 0 Å². The topological polar surface area (TPSA) is 93.5 Å². The van der Waals surface area contributed by atoms with Gasteiger partial charge in [-0.2, -0.15) is 0 Å². The molecule has 3 N–H and O–H groups in total. The van der Waals surface area contributed by atoms with E-state index in [9.17, 15) is 4.79 Å². The molecule has 3 rings (SSSR count). The van der Waals surface area contributed by atoms with Gasteiger partial charge in [0.2, 0.25) is 5.95 Å². The zero-order valence-electron chi connectivity index (χ0n) is 13.3. The van der Waals surface area contributed by atoms with Crippen LogP contribution in [0.5, 0.6) is 11.5 Å². The van der Waals surface area contributed by atoms with Gasteiger partial charge >= 0.3 is 0 Å². The van der Waals surface area contributed by atoms with Gasteiger partial charge in [-0.3, -0.25) is 14.7 Å². The first kappa shape index (κ1) is 15.4. The predicted molar refractivity (Wildman–Crippen MR) is 86.6 cm³/mol. The molecule has 1 aromatic carbocycles. The molecule has 0 bridgehead atoms. The van der Waals surface area contributed by atoms with E-state index in [1.54, 1.807) is 14.2 Å². The lowest BCUT2D eigenvalue weighted by molar-refractivity contribution is 0.241. The minimum absolute atomic E-state index is 0.152. The number of H-pyrrole nitrogens is 1. The Morgan fingerprint density at radius 2 is 1.96 bits per heavy atom. The van der Waals surface area contributed by atoms with Crippen LogP contribution in [-0.4, -0.2) is 35.6 Å². The van der Waals surface area contributed by atoms with Crippen LogP contribution in [0.2, 0.25) is 0 Å². The molecule has 2 heterocycles. The van der Waals surface area contributed by atoms with Crippen LogP contribution in [0.25, 0.3) is 0 Å². The Kier molecular flexibility index (Phi) is 4.20. The number of methoxy groups -OCH3 is 2. The first-order chi connectivity index (χ1) is 11.1. The molecular weight excluding hydrogens is 296 g/mol. The highest BCUT2D eigenvalue weighted by Crippen LogP contribution is 2.24. The number of hydrogen-bond acceptors (Lipinski definition) is 6. The highest BCUT2D eigenvalue weighted by molar-refractivity contribution is 5.38. The summed E-state index contributed by atoms with van der Waals surface area (Å²) in [5.41, 5.74) is 8.01. The number of benzene rings is 1. The van der Waals surface area contributed by atoms with Crippen molar-refractivity contribution in [1.82, 2.24) is 14.9 Å². The monoisotopic (exact) mass is 316 g/mol. The molecule has 7 heteroatoms.